The molecule has 0 N–H and O–H groups in total. The van der Waals surface area contributed by atoms with Gasteiger partial charge in [-0.3, -0.25) is 20.2 Å². The normalized spacial score (nSPS) is 14.4. The summed E-state index contributed by atoms with van der Waals surface area (Å²) in [5.74, 6) is 0. The third kappa shape index (κ3) is 4.72. The minimum Gasteiger partial charge on any atom is -0.371 e. The monoisotopic (exact) mass is 373 g/mol. The van der Waals surface area contributed by atoms with Crippen molar-refractivity contribution in [3.05, 3.63) is 67.5 Å². The lowest BCUT2D eigenvalue weighted by atomic mass is 9.94. The highest BCUT2D eigenvalue weighted by Crippen LogP contribution is 2.33. The van der Waals surface area contributed by atoms with Gasteiger partial charge >= 0.3 is 11.4 Å². The molecule has 7 nitrogen and oxygen atoms in total. The summed E-state index contributed by atoms with van der Waals surface area (Å²) < 4.78 is 0. The smallest absolute Gasteiger partial charge is 0.348 e. The Hall–Kier alpha value is -2.70. The molecule has 0 atom stereocenters. The molecule has 0 unspecified atom stereocenters. The molecule has 0 saturated carbocycles. The van der Waals surface area contributed by atoms with Crippen LogP contribution in [-0.4, -0.2) is 22.9 Å². The van der Waals surface area contributed by atoms with Gasteiger partial charge < -0.3 is 4.90 Å². The molecule has 0 aliphatic carbocycles. The van der Waals surface area contributed by atoms with Crippen LogP contribution in [0.25, 0.3) is 5.57 Å². The number of fused-ring (bicyclic) bond motifs is 1. The van der Waals surface area contributed by atoms with Crippen molar-refractivity contribution < 1.29 is 9.85 Å². The van der Waals surface area contributed by atoms with Crippen LogP contribution in [-0.2, 0) is 6.42 Å². The van der Waals surface area contributed by atoms with Gasteiger partial charge in [0.05, 0.1) is 15.4 Å². The van der Waals surface area contributed by atoms with Gasteiger partial charge in [0.1, 0.15) is 0 Å². The third-order valence-corrected chi connectivity index (χ3v) is 4.97. The summed E-state index contributed by atoms with van der Waals surface area (Å²) in [7, 11) is 0. The number of aryl methyl sites for hydroxylation is 1. The Morgan fingerprint density at radius 2 is 1.93 bits per heavy atom. The Labute approximate surface area is 159 Å². The molecule has 1 aromatic carbocycles. The van der Waals surface area contributed by atoms with E-state index < -0.39 is 21.2 Å². The van der Waals surface area contributed by atoms with Crippen molar-refractivity contribution in [1.82, 2.24) is 0 Å². The topological polar surface area (TPSA) is 89.5 Å². The SMILES string of the molecule is C=C(/C(=C(\CC)[N+](=O)[O-])[N+](=O)[O-])c1ccc2c(c1)CCCN2CCCCC. The summed E-state index contributed by atoms with van der Waals surface area (Å²) in [5.41, 5.74) is 2.04. The fourth-order valence-electron chi connectivity index (χ4n) is 3.56. The van der Waals surface area contributed by atoms with Gasteiger partial charge in [0.2, 0.25) is 0 Å². The van der Waals surface area contributed by atoms with Gasteiger partial charge in [-0.15, -0.1) is 0 Å². The van der Waals surface area contributed by atoms with E-state index in [1.54, 1.807) is 6.07 Å². The molecule has 0 bridgehead atoms. The van der Waals surface area contributed by atoms with Crippen LogP contribution in [0.1, 0.15) is 57.1 Å². The first-order valence-corrected chi connectivity index (χ1v) is 9.50. The summed E-state index contributed by atoms with van der Waals surface area (Å²) in [6.45, 7) is 9.54. The molecular weight excluding hydrogens is 346 g/mol. The summed E-state index contributed by atoms with van der Waals surface area (Å²) in [5, 5.41) is 22.7. The molecule has 0 spiro atoms. The average molecular weight is 373 g/mol. The van der Waals surface area contributed by atoms with E-state index >= 15 is 0 Å². The quantitative estimate of drug-likeness (QED) is 0.268. The number of hydrogen-bond donors (Lipinski definition) is 0. The van der Waals surface area contributed by atoms with E-state index in [9.17, 15) is 20.2 Å². The molecule has 2 rings (SSSR count). The molecule has 0 radical (unpaired) electrons. The van der Waals surface area contributed by atoms with E-state index in [0.29, 0.717) is 5.56 Å². The number of allylic oxidation sites excluding steroid dienone is 2. The number of anilines is 1. The van der Waals surface area contributed by atoms with Crippen molar-refractivity contribution in [2.24, 2.45) is 0 Å². The molecule has 7 heteroatoms. The molecule has 1 aromatic rings. The number of rotatable bonds is 9. The molecule has 0 fully saturated rings. The number of unbranched alkanes of at least 4 members (excludes halogenated alkanes) is 2. The van der Waals surface area contributed by atoms with Crippen molar-refractivity contribution in [3.8, 4) is 0 Å². The largest absolute Gasteiger partial charge is 0.371 e. The van der Waals surface area contributed by atoms with Crippen molar-refractivity contribution in [2.45, 2.75) is 52.4 Å². The first-order chi connectivity index (χ1) is 12.9. The Morgan fingerprint density at radius 3 is 2.52 bits per heavy atom. The van der Waals surface area contributed by atoms with Crippen LogP contribution in [0.5, 0.6) is 0 Å². The molecular formula is C20H27N3O4. The molecule has 1 aliphatic rings. The zero-order valence-electron chi connectivity index (χ0n) is 16.1. The van der Waals surface area contributed by atoms with E-state index in [2.05, 4.69) is 18.4 Å². The Bertz CT molecular complexity index is 770. The van der Waals surface area contributed by atoms with Crippen molar-refractivity contribution in [1.29, 1.82) is 0 Å². The number of benzene rings is 1. The first kappa shape index (κ1) is 20.6. The minimum atomic E-state index is -0.694. The van der Waals surface area contributed by atoms with E-state index in [1.807, 2.05) is 12.1 Å². The first-order valence-electron chi connectivity index (χ1n) is 9.50. The predicted molar refractivity (Wildman–Crippen MR) is 107 cm³/mol. The van der Waals surface area contributed by atoms with Crippen LogP contribution in [0.2, 0.25) is 0 Å². The fourth-order valence-corrected chi connectivity index (χ4v) is 3.56. The molecule has 1 aliphatic heterocycles. The molecule has 27 heavy (non-hydrogen) atoms. The highest BCUT2D eigenvalue weighted by Gasteiger charge is 2.31. The zero-order chi connectivity index (χ0) is 20.0. The van der Waals surface area contributed by atoms with E-state index in [1.165, 1.54) is 19.8 Å². The van der Waals surface area contributed by atoms with Crippen LogP contribution in [0.4, 0.5) is 5.69 Å². The molecule has 0 amide bonds. The Morgan fingerprint density at radius 1 is 1.19 bits per heavy atom. The van der Waals surface area contributed by atoms with Gasteiger partial charge in [0, 0.05) is 25.2 Å². The predicted octanol–water partition coefficient (Wildman–Crippen LogP) is 4.82. The van der Waals surface area contributed by atoms with Gasteiger partial charge in [-0.2, -0.15) is 0 Å². The van der Waals surface area contributed by atoms with Crippen LogP contribution in [0.15, 0.2) is 36.2 Å². The second kappa shape index (κ2) is 9.30. The van der Waals surface area contributed by atoms with Crippen molar-refractivity contribution in [3.63, 3.8) is 0 Å². The van der Waals surface area contributed by atoms with E-state index in [-0.39, 0.29) is 12.0 Å². The standard InChI is InChI=1S/C20H27N3O4/c1-4-6-7-12-21-13-8-9-17-14-16(10-11-19(17)21)15(3)20(23(26)27)18(5-2)22(24)25/h10-11,14H,3-9,12-13H2,1-2H3/b20-18-. The summed E-state index contributed by atoms with van der Waals surface area (Å²) in [6, 6.07) is 5.66. The Kier molecular flexibility index (Phi) is 7.10. The lowest BCUT2D eigenvalue weighted by molar-refractivity contribution is -0.468. The number of hydrogen-bond acceptors (Lipinski definition) is 5. The van der Waals surface area contributed by atoms with Crippen LogP contribution in [0.3, 0.4) is 0 Å². The van der Waals surface area contributed by atoms with Gasteiger partial charge in [-0.1, -0.05) is 39.3 Å². The second-order valence-corrected chi connectivity index (χ2v) is 6.78. The van der Waals surface area contributed by atoms with Crippen LogP contribution < -0.4 is 4.90 Å². The van der Waals surface area contributed by atoms with Gasteiger partial charge in [-0.05, 0) is 42.5 Å². The van der Waals surface area contributed by atoms with E-state index in [4.69, 9.17) is 0 Å². The third-order valence-electron chi connectivity index (χ3n) is 4.97. The number of nitro groups is 2. The lowest BCUT2D eigenvalue weighted by Gasteiger charge is -2.31. The van der Waals surface area contributed by atoms with E-state index in [0.717, 1.165) is 43.6 Å². The average Bonchev–Trinajstić information content (AvgIpc) is 2.64. The highest BCUT2D eigenvalue weighted by atomic mass is 16.6. The van der Waals surface area contributed by atoms with Gasteiger partial charge in [-0.25, -0.2) is 0 Å². The Balaban J connectivity index is 2.36. The molecule has 146 valence electrons. The maximum Gasteiger partial charge on any atom is 0.348 e. The fraction of sp³-hybridized carbons (Fsp3) is 0.500. The van der Waals surface area contributed by atoms with Gasteiger partial charge in [0.25, 0.3) is 0 Å². The highest BCUT2D eigenvalue weighted by molar-refractivity contribution is 5.77. The molecule has 1 heterocycles. The summed E-state index contributed by atoms with van der Waals surface area (Å²) >= 11 is 0. The van der Waals surface area contributed by atoms with Crippen LogP contribution in [0, 0.1) is 20.2 Å². The molecule has 0 aromatic heterocycles. The van der Waals surface area contributed by atoms with Crippen molar-refractivity contribution >= 4 is 11.3 Å². The minimum absolute atomic E-state index is 0.0293. The maximum atomic E-state index is 11.5. The summed E-state index contributed by atoms with van der Waals surface area (Å²) in [6.07, 6.45) is 5.40. The van der Waals surface area contributed by atoms with Crippen molar-refractivity contribution in [2.75, 3.05) is 18.0 Å². The van der Waals surface area contributed by atoms with Gasteiger partial charge in [0.15, 0.2) is 0 Å². The summed E-state index contributed by atoms with van der Waals surface area (Å²) in [4.78, 5) is 23.7. The zero-order valence-corrected chi connectivity index (χ0v) is 16.1. The molecule has 0 saturated heterocycles. The second-order valence-electron chi connectivity index (χ2n) is 6.78. The van der Waals surface area contributed by atoms with Crippen LogP contribution >= 0.6 is 0 Å². The number of nitrogens with zero attached hydrogens (tertiary/aromatic N) is 3. The maximum absolute atomic E-state index is 11.5. The lowest BCUT2D eigenvalue weighted by Crippen LogP contribution is -2.30.